The van der Waals surface area contributed by atoms with Crippen molar-refractivity contribution in [2.45, 2.75) is 0 Å². The molecule has 5 aromatic rings. The molecule has 3 aromatic carbocycles. The van der Waals surface area contributed by atoms with Crippen molar-refractivity contribution in [3.63, 3.8) is 0 Å². The van der Waals surface area contributed by atoms with Gasteiger partial charge >= 0.3 is 0 Å². The SMILES string of the molecule is OCCN1CCN(c2cc(-c3ccccc3)nc3c(-c4cccc(F)c4F)c(-c4ccccc4)nn23)CC1. The van der Waals surface area contributed by atoms with E-state index in [-0.39, 0.29) is 12.2 Å². The van der Waals surface area contributed by atoms with E-state index in [1.54, 1.807) is 10.6 Å². The van der Waals surface area contributed by atoms with Crippen LogP contribution < -0.4 is 4.90 Å². The molecule has 3 heterocycles. The van der Waals surface area contributed by atoms with E-state index >= 15 is 4.39 Å². The number of anilines is 1. The molecule has 8 heteroatoms. The summed E-state index contributed by atoms with van der Waals surface area (Å²) in [6.07, 6.45) is 0. The molecule has 0 saturated carbocycles. The summed E-state index contributed by atoms with van der Waals surface area (Å²) in [6, 6.07) is 25.6. The van der Waals surface area contributed by atoms with Gasteiger partial charge in [-0.05, 0) is 6.07 Å². The lowest BCUT2D eigenvalue weighted by atomic mass is 10.0. The van der Waals surface area contributed by atoms with Gasteiger partial charge in [0.2, 0.25) is 0 Å². The van der Waals surface area contributed by atoms with Crippen molar-refractivity contribution in [1.82, 2.24) is 19.5 Å². The number of fused-ring (bicyclic) bond motifs is 1. The molecular formula is C30H27F2N5O. The van der Waals surface area contributed by atoms with Crippen LogP contribution in [0, 0.1) is 11.6 Å². The number of aromatic nitrogens is 3. The molecule has 0 spiro atoms. The van der Waals surface area contributed by atoms with E-state index in [9.17, 15) is 9.50 Å². The minimum Gasteiger partial charge on any atom is -0.395 e. The maximum Gasteiger partial charge on any atom is 0.166 e. The number of benzene rings is 3. The van der Waals surface area contributed by atoms with Crippen LogP contribution in [0.1, 0.15) is 0 Å². The smallest absolute Gasteiger partial charge is 0.166 e. The molecule has 1 saturated heterocycles. The third kappa shape index (κ3) is 4.42. The Bertz CT molecular complexity index is 1560. The van der Waals surface area contributed by atoms with Gasteiger partial charge in [-0.1, -0.05) is 72.8 Å². The van der Waals surface area contributed by atoms with E-state index in [1.807, 2.05) is 66.7 Å². The summed E-state index contributed by atoms with van der Waals surface area (Å²) in [4.78, 5) is 9.44. The summed E-state index contributed by atoms with van der Waals surface area (Å²) in [5.74, 6) is -1.01. The van der Waals surface area contributed by atoms with Gasteiger partial charge in [0.05, 0.1) is 17.9 Å². The third-order valence-electron chi connectivity index (χ3n) is 7.02. The normalized spacial score (nSPS) is 14.3. The van der Waals surface area contributed by atoms with E-state index in [1.165, 1.54) is 6.07 Å². The quantitative estimate of drug-likeness (QED) is 0.343. The van der Waals surface area contributed by atoms with E-state index in [4.69, 9.17) is 10.1 Å². The lowest BCUT2D eigenvalue weighted by Gasteiger charge is -2.35. The van der Waals surface area contributed by atoms with Crippen LogP contribution in [0.2, 0.25) is 0 Å². The average Bonchev–Trinajstić information content (AvgIpc) is 3.35. The van der Waals surface area contributed by atoms with Crippen LogP contribution in [-0.2, 0) is 0 Å². The minimum absolute atomic E-state index is 0.121. The van der Waals surface area contributed by atoms with Crippen molar-refractivity contribution in [1.29, 1.82) is 0 Å². The minimum atomic E-state index is -0.925. The number of aliphatic hydroxyl groups is 1. The van der Waals surface area contributed by atoms with Crippen molar-refractivity contribution in [3.05, 3.63) is 96.6 Å². The number of rotatable bonds is 6. The Balaban J connectivity index is 1.62. The topological polar surface area (TPSA) is 56.9 Å². The van der Waals surface area contributed by atoms with Gasteiger partial charge in [0.25, 0.3) is 0 Å². The standard InChI is InChI=1S/C30H27F2N5O/c31-24-13-7-12-23(28(24)32)27-29(22-10-5-2-6-11-22)34-37-26(36-16-14-35(15-17-36)18-19-38)20-25(33-30(27)37)21-8-3-1-4-9-21/h1-13,20,38H,14-19H2. The van der Waals surface area contributed by atoms with Crippen LogP contribution in [0.5, 0.6) is 0 Å². The number of halogens is 2. The fourth-order valence-corrected chi connectivity index (χ4v) is 5.07. The van der Waals surface area contributed by atoms with Crippen molar-refractivity contribution in [2.75, 3.05) is 44.2 Å². The Morgan fingerprint density at radius 3 is 2.16 bits per heavy atom. The zero-order valence-electron chi connectivity index (χ0n) is 20.8. The van der Waals surface area contributed by atoms with E-state index in [0.717, 1.165) is 54.9 Å². The summed E-state index contributed by atoms with van der Waals surface area (Å²) < 4.78 is 31.5. The highest BCUT2D eigenvalue weighted by Crippen LogP contribution is 2.39. The molecule has 0 unspecified atom stereocenters. The number of piperazine rings is 1. The van der Waals surface area contributed by atoms with Crippen LogP contribution in [0.15, 0.2) is 84.9 Å². The highest BCUT2D eigenvalue weighted by molar-refractivity contribution is 5.92. The van der Waals surface area contributed by atoms with Gasteiger partial charge in [0.1, 0.15) is 11.5 Å². The van der Waals surface area contributed by atoms with Crippen LogP contribution in [-0.4, -0.2) is 63.9 Å². The lowest BCUT2D eigenvalue weighted by Crippen LogP contribution is -2.47. The summed E-state index contributed by atoms with van der Waals surface area (Å²) in [7, 11) is 0. The van der Waals surface area contributed by atoms with Gasteiger partial charge < -0.3 is 10.0 Å². The second kappa shape index (κ2) is 10.3. The third-order valence-corrected chi connectivity index (χ3v) is 7.02. The first kappa shape index (κ1) is 24.2. The van der Waals surface area contributed by atoms with Crippen LogP contribution in [0.3, 0.4) is 0 Å². The predicted octanol–water partition coefficient (Wildman–Crippen LogP) is 5.12. The van der Waals surface area contributed by atoms with E-state index in [0.29, 0.717) is 23.4 Å². The Labute approximate surface area is 219 Å². The molecule has 6 rings (SSSR count). The van der Waals surface area contributed by atoms with E-state index in [2.05, 4.69) is 9.80 Å². The first-order chi connectivity index (χ1) is 18.6. The largest absolute Gasteiger partial charge is 0.395 e. The van der Waals surface area contributed by atoms with Gasteiger partial charge in [-0.15, -0.1) is 0 Å². The first-order valence-electron chi connectivity index (χ1n) is 12.7. The summed E-state index contributed by atoms with van der Waals surface area (Å²) >= 11 is 0. The molecule has 0 aliphatic carbocycles. The zero-order chi connectivity index (χ0) is 26.1. The van der Waals surface area contributed by atoms with Gasteiger partial charge in [-0.3, -0.25) is 4.90 Å². The second-order valence-electron chi connectivity index (χ2n) is 9.34. The first-order valence-corrected chi connectivity index (χ1v) is 12.7. The maximum atomic E-state index is 15.3. The van der Waals surface area contributed by atoms with Crippen molar-refractivity contribution < 1.29 is 13.9 Å². The van der Waals surface area contributed by atoms with Gasteiger partial charge in [0, 0.05) is 55.5 Å². The highest BCUT2D eigenvalue weighted by Gasteiger charge is 2.26. The second-order valence-corrected chi connectivity index (χ2v) is 9.34. The van der Waals surface area contributed by atoms with Crippen LogP contribution >= 0.6 is 0 Å². The number of aliphatic hydroxyl groups excluding tert-OH is 1. The zero-order valence-corrected chi connectivity index (χ0v) is 20.8. The number of hydrogen-bond acceptors (Lipinski definition) is 5. The Morgan fingerprint density at radius 2 is 1.47 bits per heavy atom. The lowest BCUT2D eigenvalue weighted by molar-refractivity contribution is 0.188. The van der Waals surface area contributed by atoms with Crippen molar-refractivity contribution in [2.24, 2.45) is 0 Å². The molecule has 38 heavy (non-hydrogen) atoms. The molecule has 2 aromatic heterocycles. The Kier molecular flexibility index (Phi) is 6.57. The number of nitrogens with zero attached hydrogens (tertiary/aromatic N) is 5. The molecule has 0 radical (unpaired) electrons. The molecule has 192 valence electrons. The highest BCUT2D eigenvalue weighted by atomic mass is 19.2. The van der Waals surface area contributed by atoms with Crippen molar-refractivity contribution >= 4 is 11.5 Å². The fraction of sp³-hybridized carbons (Fsp3) is 0.200. The number of hydrogen-bond donors (Lipinski definition) is 1. The Morgan fingerprint density at radius 1 is 0.789 bits per heavy atom. The molecule has 1 fully saturated rings. The monoisotopic (exact) mass is 511 g/mol. The fourth-order valence-electron chi connectivity index (χ4n) is 5.07. The van der Waals surface area contributed by atoms with Crippen LogP contribution in [0.4, 0.5) is 14.6 Å². The predicted molar refractivity (Wildman–Crippen MR) is 145 cm³/mol. The van der Waals surface area contributed by atoms with Gasteiger partial charge in [-0.25, -0.2) is 13.8 Å². The molecule has 1 aliphatic rings. The molecule has 0 bridgehead atoms. The molecule has 0 amide bonds. The Hall–Kier alpha value is -4.14. The van der Waals surface area contributed by atoms with E-state index < -0.39 is 11.6 Å². The number of β-amino-alcohol motifs (C(OH)–C–C–N with tert-alkyl or cyclic N) is 1. The average molecular weight is 512 g/mol. The summed E-state index contributed by atoms with van der Waals surface area (Å²) in [5, 5.41) is 14.3. The molecule has 0 atom stereocenters. The molecule has 6 nitrogen and oxygen atoms in total. The maximum absolute atomic E-state index is 15.3. The van der Waals surface area contributed by atoms with Gasteiger partial charge in [0.15, 0.2) is 17.3 Å². The van der Waals surface area contributed by atoms with Crippen molar-refractivity contribution in [3.8, 4) is 33.6 Å². The summed E-state index contributed by atoms with van der Waals surface area (Å²) in [6.45, 7) is 3.82. The summed E-state index contributed by atoms with van der Waals surface area (Å²) in [5.41, 5.74) is 4.00. The molecular weight excluding hydrogens is 484 g/mol. The molecule has 1 N–H and O–H groups in total. The van der Waals surface area contributed by atoms with Crippen LogP contribution in [0.25, 0.3) is 39.3 Å². The van der Waals surface area contributed by atoms with Gasteiger partial charge in [-0.2, -0.15) is 9.61 Å². The molecule has 1 aliphatic heterocycles.